The smallest absolute Gasteiger partial charge is 0.267 e. The second-order valence-electron chi connectivity index (χ2n) is 4.09. The molecule has 0 N–H and O–H groups in total. The minimum absolute atomic E-state index is 0.166. The van der Waals surface area contributed by atoms with Crippen LogP contribution in [0, 0.1) is 10.1 Å². The Kier molecular flexibility index (Phi) is 3.60. The first kappa shape index (κ1) is 14.2. The second kappa shape index (κ2) is 5.57. The van der Waals surface area contributed by atoms with Crippen LogP contribution in [0.25, 0.3) is 17.0 Å². The number of aromatic nitrogens is 4. The molecule has 3 rings (SSSR count). The third kappa shape index (κ3) is 2.44. The number of hydrogen-bond donors (Lipinski definition) is 0. The van der Waals surface area contributed by atoms with E-state index in [1.807, 2.05) is 0 Å². The summed E-state index contributed by atoms with van der Waals surface area (Å²) in [6, 6.07) is 5.15. The monoisotopic (exact) mass is 332 g/mol. The van der Waals surface area contributed by atoms with Gasteiger partial charge in [0.25, 0.3) is 0 Å². The van der Waals surface area contributed by atoms with Crippen LogP contribution >= 0.6 is 23.8 Å². The van der Waals surface area contributed by atoms with Crippen LogP contribution in [0.1, 0.15) is 0 Å². The average Bonchev–Trinajstić information content (AvgIpc) is 2.90. The van der Waals surface area contributed by atoms with E-state index >= 15 is 0 Å². The molecule has 2 aromatic heterocycles. The topological polar surface area (TPSA) is 99.1 Å². The van der Waals surface area contributed by atoms with Crippen molar-refractivity contribution in [1.29, 1.82) is 0 Å². The van der Waals surface area contributed by atoms with E-state index in [-0.39, 0.29) is 17.5 Å². The normalized spacial score (nSPS) is 10.4. The van der Waals surface area contributed by atoms with Gasteiger partial charge in [-0.15, -0.1) is 0 Å². The zero-order valence-electron chi connectivity index (χ0n) is 10.7. The SMILES string of the molecule is O=[N+]([O-])c1cnc(-n2cnc3ccc(Cl)cc32)nc1N=C=S. The van der Waals surface area contributed by atoms with Crippen molar-refractivity contribution in [3.63, 3.8) is 0 Å². The van der Waals surface area contributed by atoms with Gasteiger partial charge in [0.05, 0.1) is 21.1 Å². The van der Waals surface area contributed by atoms with Gasteiger partial charge in [0.1, 0.15) is 12.5 Å². The van der Waals surface area contributed by atoms with E-state index in [9.17, 15) is 10.1 Å². The lowest BCUT2D eigenvalue weighted by molar-refractivity contribution is -0.384. The van der Waals surface area contributed by atoms with Gasteiger partial charge in [-0.25, -0.2) is 9.97 Å². The molecule has 10 heteroatoms. The fourth-order valence-electron chi connectivity index (χ4n) is 1.87. The van der Waals surface area contributed by atoms with Crippen LogP contribution in [-0.4, -0.2) is 29.6 Å². The van der Waals surface area contributed by atoms with Crippen LogP contribution in [0.5, 0.6) is 0 Å². The number of hydrogen-bond acceptors (Lipinski definition) is 7. The minimum Gasteiger partial charge on any atom is -0.267 e. The molecule has 3 aromatic rings. The van der Waals surface area contributed by atoms with Gasteiger partial charge >= 0.3 is 5.69 Å². The van der Waals surface area contributed by atoms with E-state index in [0.29, 0.717) is 16.1 Å². The molecule has 0 saturated carbocycles. The Balaban J connectivity index is 2.22. The molecule has 1 aromatic carbocycles. The van der Waals surface area contributed by atoms with Crippen LogP contribution in [-0.2, 0) is 0 Å². The fourth-order valence-corrected chi connectivity index (χ4v) is 2.12. The quantitative estimate of drug-likeness (QED) is 0.316. The van der Waals surface area contributed by atoms with E-state index in [1.165, 1.54) is 6.33 Å². The number of halogens is 1. The summed E-state index contributed by atoms with van der Waals surface area (Å²) in [5.74, 6) is -0.00625. The first-order chi connectivity index (χ1) is 10.6. The third-order valence-electron chi connectivity index (χ3n) is 2.81. The van der Waals surface area contributed by atoms with Gasteiger partial charge in [-0.05, 0) is 30.4 Å². The molecule has 0 atom stereocenters. The predicted molar refractivity (Wildman–Crippen MR) is 83.0 cm³/mol. The van der Waals surface area contributed by atoms with Crippen molar-refractivity contribution >= 4 is 51.5 Å². The summed E-state index contributed by atoms with van der Waals surface area (Å²) in [7, 11) is 0. The highest BCUT2D eigenvalue weighted by molar-refractivity contribution is 7.78. The minimum atomic E-state index is -0.641. The summed E-state index contributed by atoms with van der Waals surface area (Å²) >= 11 is 10.5. The van der Waals surface area contributed by atoms with Crippen molar-refractivity contribution < 1.29 is 4.92 Å². The number of isothiocyanates is 1. The molecule has 8 nitrogen and oxygen atoms in total. The molecule has 0 unspecified atom stereocenters. The number of nitrogens with zero attached hydrogens (tertiary/aromatic N) is 6. The third-order valence-corrected chi connectivity index (χ3v) is 3.14. The van der Waals surface area contributed by atoms with Crippen molar-refractivity contribution in [3.05, 3.63) is 45.9 Å². The van der Waals surface area contributed by atoms with Gasteiger partial charge in [-0.3, -0.25) is 14.7 Å². The highest BCUT2D eigenvalue weighted by Gasteiger charge is 2.18. The molecule has 2 heterocycles. The average molecular weight is 333 g/mol. The lowest BCUT2D eigenvalue weighted by Crippen LogP contribution is -2.01. The van der Waals surface area contributed by atoms with Crippen molar-refractivity contribution in [2.75, 3.05) is 0 Å². The Morgan fingerprint density at radius 3 is 2.95 bits per heavy atom. The molecular formula is C12H5ClN6O2S. The van der Waals surface area contributed by atoms with Gasteiger partial charge in [0, 0.05) is 5.02 Å². The van der Waals surface area contributed by atoms with E-state index < -0.39 is 4.92 Å². The molecule has 0 saturated heterocycles. The zero-order valence-corrected chi connectivity index (χ0v) is 12.2. The maximum absolute atomic E-state index is 10.9. The van der Waals surface area contributed by atoms with Gasteiger partial charge in [0.2, 0.25) is 11.8 Å². The maximum Gasteiger partial charge on any atom is 0.332 e. The van der Waals surface area contributed by atoms with E-state index in [1.54, 1.807) is 22.8 Å². The van der Waals surface area contributed by atoms with Crippen molar-refractivity contribution in [3.8, 4) is 5.95 Å². The summed E-state index contributed by atoms with van der Waals surface area (Å²) in [5.41, 5.74) is 0.994. The van der Waals surface area contributed by atoms with E-state index in [0.717, 1.165) is 6.20 Å². The summed E-state index contributed by atoms with van der Waals surface area (Å²) in [6.07, 6.45) is 2.55. The van der Waals surface area contributed by atoms with Gasteiger partial charge in [-0.1, -0.05) is 11.6 Å². The number of benzene rings is 1. The molecule has 0 bridgehead atoms. The molecule has 0 aliphatic rings. The molecule has 0 spiro atoms. The van der Waals surface area contributed by atoms with Crippen LogP contribution in [0.15, 0.2) is 35.7 Å². The number of rotatable bonds is 3. The van der Waals surface area contributed by atoms with Gasteiger partial charge in [-0.2, -0.15) is 9.98 Å². The zero-order chi connectivity index (χ0) is 15.7. The van der Waals surface area contributed by atoms with E-state index in [4.69, 9.17) is 11.6 Å². The first-order valence-electron chi connectivity index (χ1n) is 5.82. The number of thiocarbonyl (C=S) groups is 1. The van der Waals surface area contributed by atoms with Crippen molar-refractivity contribution in [2.45, 2.75) is 0 Å². The Bertz CT molecular complexity index is 950. The number of nitro groups is 1. The Labute approximate surface area is 133 Å². The maximum atomic E-state index is 10.9. The molecule has 22 heavy (non-hydrogen) atoms. The standard InChI is InChI=1S/C12H5ClN6O2S/c13-7-1-2-8-9(3-7)18(5-15-8)12-14-4-10(19(20)21)11(17-12)16-6-22/h1-5H. The second-order valence-corrected chi connectivity index (χ2v) is 4.71. The van der Waals surface area contributed by atoms with Crippen LogP contribution in [0.4, 0.5) is 11.5 Å². The predicted octanol–water partition coefficient (Wildman–Crippen LogP) is 3.11. The van der Waals surface area contributed by atoms with Gasteiger partial charge in [0.15, 0.2) is 0 Å². The summed E-state index contributed by atoms with van der Waals surface area (Å²) in [5, 5.41) is 13.5. The Morgan fingerprint density at radius 1 is 1.41 bits per heavy atom. The first-order valence-corrected chi connectivity index (χ1v) is 6.61. The molecular weight excluding hydrogens is 328 g/mol. The number of aliphatic imine (C=N–C) groups is 1. The molecule has 0 fully saturated rings. The largest absolute Gasteiger partial charge is 0.332 e. The van der Waals surface area contributed by atoms with Crippen molar-refractivity contribution in [2.24, 2.45) is 4.99 Å². The number of imidazole rings is 1. The molecule has 0 radical (unpaired) electrons. The molecule has 0 aliphatic carbocycles. The fraction of sp³-hybridized carbons (Fsp3) is 0. The summed E-state index contributed by atoms with van der Waals surface area (Å²) in [4.78, 5) is 26.1. The Hall–Kier alpha value is -2.74. The lowest BCUT2D eigenvalue weighted by atomic mass is 10.3. The van der Waals surface area contributed by atoms with Crippen molar-refractivity contribution in [1.82, 2.24) is 19.5 Å². The highest BCUT2D eigenvalue weighted by Crippen LogP contribution is 2.26. The summed E-state index contributed by atoms with van der Waals surface area (Å²) < 4.78 is 1.55. The van der Waals surface area contributed by atoms with Crippen LogP contribution in [0.3, 0.4) is 0 Å². The lowest BCUT2D eigenvalue weighted by Gasteiger charge is -2.03. The number of fused-ring (bicyclic) bond motifs is 1. The summed E-state index contributed by atoms with van der Waals surface area (Å²) in [6.45, 7) is 0. The molecule has 0 aliphatic heterocycles. The van der Waals surface area contributed by atoms with Crippen LogP contribution in [0.2, 0.25) is 5.02 Å². The van der Waals surface area contributed by atoms with E-state index in [2.05, 4.69) is 37.3 Å². The van der Waals surface area contributed by atoms with Gasteiger partial charge < -0.3 is 0 Å². The van der Waals surface area contributed by atoms with Crippen LogP contribution < -0.4 is 0 Å². The highest BCUT2D eigenvalue weighted by atomic mass is 35.5. The molecule has 108 valence electrons. The molecule has 0 amide bonds. The Morgan fingerprint density at radius 2 is 2.23 bits per heavy atom.